The standard InChI is InChI=1S/C5H10N2/c1-4-2-6-5(1)3-7-4/h4-7H,1-3H2. The predicted octanol–water partition coefficient (Wildman–Crippen LogP) is -0.680. The minimum Gasteiger partial charge on any atom is -0.311 e. The van der Waals surface area contributed by atoms with Crippen molar-refractivity contribution in [2.24, 2.45) is 0 Å². The second-order valence-corrected chi connectivity index (χ2v) is 2.45. The van der Waals surface area contributed by atoms with Gasteiger partial charge < -0.3 is 10.6 Å². The molecule has 2 bridgehead atoms. The van der Waals surface area contributed by atoms with Gasteiger partial charge in [-0.15, -0.1) is 0 Å². The van der Waals surface area contributed by atoms with E-state index in [1.165, 1.54) is 19.5 Å². The Morgan fingerprint density at radius 2 is 1.57 bits per heavy atom. The molecule has 2 heteroatoms. The molecule has 0 amide bonds. The summed E-state index contributed by atoms with van der Waals surface area (Å²) in [5, 5.41) is 6.79. The quantitative estimate of drug-likeness (QED) is 0.419. The average Bonchev–Trinajstić information content (AvgIpc) is 2.22. The molecule has 0 aromatic heterocycles. The maximum Gasteiger partial charge on any atom is 0.0208 e. The van der Waals surface area contributed by atoms with Crippen molar-refractivity contribution in [1.82, 2.24) is 10.6 Å². The second-order valence-electron chi connectivity index (χ2n) is 2.45. The first-order chi connectivity index (χ1) is 3.45. The summed E-state index contributed by atoms with van der Waals surface area (Å²) in [5.41, 5.74) is 0. The van der Waals surface area contributed by atoms with Gasteiger partial charge in [-0.05, 0) is 6.42 Å². The first kappa shape index (κ1) is 3.87. The molecule has 2 saturated heterocycles. The fourth-order valence-corrected chi connectivity index (χ4v) is 1.44. The van der Waals surface area contributed by atoms with Gasteiger partial charge in [0.15, 0.2) is 0 Å². The van der Waals surface area contributed by atoms with Crippen molar-refractivity contribution in [3.05, 3.63) is 0 Å². The van der Waals surface area contributed by atoms with Crippen LogP contribution in [-0.4, -0.2) is 25.2 Å². The van der Waals surface area contributed by atoms with Crippen LogP contribution in [0.3, 0.4) is 0 Å². The van der Waals surface area contributed by atoms with Gasteiger partial charge in [0, 0.05) is 25.2 Å². The highest BCUT2D eigenvalue weighted by Crippen LogP contribution is 2.11. The number of nitrogens with one attached hydrogen (secondary N) is 2. The lowest BCUT2D eigenvalue weighted by Crippen LogP contribution is -2.39. The van der Waals surface area contributed by atoms with Crippen molar-refractivity contribution >= 4 is 0 Å². The van der Waals surface area contributed by atoms with Crippen molar-refractivity contribution in [1.29, 1.82) is 0 Å². The predicted molar refractivity (Wildman–Crippen MR) is 28.2 cm³/mol. The average molecular weight is 98.1 g/mol. The van der Waals surface area contributed by atoms with Crippen LogP contribution in [0.1, 0.15) is 6.42 Å². The lowest BCUT2D eigenvalue weighted by molar-refractivity contribution is 0.528. The Hall–Kier alpha value is -0.0800. The molecule has 0 aromatic carbocycles. The third-order valence-electron chi connectivity index (χ3n) is 1.87. The molecule has 2 aliphatic rings. The van der Waals surface area contributed by atoms with Gasteiger partial charge in [0.2, 0.25) is 0 Å². The van der Waals surface area contributed by atoms with Gasteiger partial charge in [-0.25, -0.2) is 0 Å². The highest BCUT2D eigenvalue weighted by Gasteiger charge is 2.29. The normalized spacial score (nSPS) is 48.0. The molecular formula is C5H10N2. The highest BCUT2D eigenvalue weighted by atomic mass is 15.1. The molecule has 2 rings (SSSR count). The Morgan fingerprint density at radius 1 is 1.00 bits per heavy atom. The zero-order valence-corrected chi connectivity index (χ0v) is 4.28. The van der Waals surface area contributed by atoms with Crippen LogP contribution in [0.25, 0.3) is 0 Å². The van der Waals surface area contributed by atoms with Gasteiger partial charge in [0.1, 0.15) is 0 Å². The minimum atomic E-state index is 0.810. The molecule has 2 atom stereocenters. The topological polar surface area (TPSA) is 24.1 Å². The van der Waals surface area contributed by atoms with Gasteiger partial charge in [-0.1, -0.05) is 0 Å². The summed E-state index contributed by atoms with van der Waals surface area (Å²) in [6.45, 7) is 2.40. The summed E-state index contributed by atoms with van der Waals surface area (Å²) in [5.74, 6) is 0. The van der Waals surface area contributed by atoms with Gasteiger partial charge >= 0.3 is 0 Å². The van der Waals surface area contributed by atoms with Crippen molar-refractivity contribution in [2.45, 2.75) is 18.5 Å². The molecule has 0 radical (unpaired) electrons. The molecular weight excluding hydrogens is 88.1 g/mol. The number of piperazine rings is 1. The van der Waals surface area contributed by atoms with Crippen LogP contribution < -0.4 is 10.6 Å². The van der Waals surface area contributed by atoms with E-state index in [2.05, 4.69) is 10.6 Å². The molecule has 2 fully saturated rings. The molecule has 0 aliphatic carbocycles. The third kappa shape index (κ3) is 0.469. The molecule has 2 nitrogen and oxygen atoms in total. The van der Waals surface area contributed by atoms with Crippen molar-refractivity contribution in [3.63, 3.8) is 0 Å². The third-order valence-corrected chi connectivity index (χ3v) is 1.87. The van der Waals surface area contributed by atoms with E-state index in [1.807, 2.05) is 0 Å². The summed E-state index contributed by atoms with van der Waals surface area (Å²) in [6, 6.07) is 1.62. The first-order valence-corrected chi connectivity index (χ1v) is 2.92. The molecule has 0 spiro atoms. The van der Waals surface area contributed by atoms with Crippen LogP contribution >= 0.6 is 0 Å². The van der Waals surface area contributed by atoms with Crippen LogP contribution in [0.2, 0.25) is 0 Å². The lowest BCUT2D eigenvalue weighted by atomic mass is 10.3. The van der Waals surface area contributed by atoms with E-state index in [-0.39, 0.29) is 0 Å². The molecule has 0 aromatic rings. The second kappa shape index (κ2) is 1.20. The minimum absolute atomic E-state index is 0.810. The summed E-state index contributed by atoms with van der Waals surface area (Å²) >= 11 is 0. The van der Waals surface area contributed by atoms with Crippen molar-refractivity contribution < 1.29 is 0 Å². The lowest BCUT2D eigenvalue weighted by Gasteiger charge is -2.10. The number of rotatable bonds is 0. The molecule has 40 valence electrons. The largest absolute Gasteiger partial charge is 0.311 e. The van der Waals surface area contributed by atoms with E-state index in [0.717, 1.165) is 12.1 Å². The fraction of sp³-hybridized carbons (Fsp3) is 1.00. The zero-order chi connectivity index (χ0) is 4.69. The molecule has 2 heterocycles. The molecule has 2 unspecified atom stereocenters. The highest BCUT2D eigenvalue weighted by molar-refractivity contribution is 4.94. The van der Waals surface area contributed by atoms with Crippen LogP contribution in [0.5, 0.6) is 0 Å². The van der Waals surface area contributed by atoms with E-state index < -0.39 is 0 Å². The number of hydrogen-bond donors (Lipinski definition) is 2. The summed E-state index contributed by atoms with van der Waals surface area (Å²) in [4.78, 5) is 0. The maximum absolute atomic E-state index is 3.39. The monoisotopic (exact) mass is 98.1 g/mol. The zero-order valence-electron chi connectivity index (χ0n) is 4.28. The van der Waals surface area contributed by atoms with Gasteiger partial charge in [-0.3, -0.25) is 0 Å². The molecule has 0 saturated carbocycles. The van der Waals surface area contributed by atoms with Crippen LogP contribution in [0.15, 0.2) is 0 Å². The first-order valence-electron chi connectivity index (χ1n) is 2.92. The summed E-state index contributed by atoms with van der Waals surface area (Å²) in [6.07, 6.45) is 1.36. The molecule has 2 aliphatic heterocycles. The van der Waals surface area contributed by atoms with Gasteiger partial charge in [-0.2, -0.15) is 0 Å². The summed E-state index contributed by atoms with van der Waals surface area (Å²) < 4.78 is 0. The van der Waals surface area contributed by atoms with E-state index in [4.69, 9.17) is 0 Å². The number of fused-ring (bicyclic) bond motifs is 2. The Kier molecular flexibility index (Phi) is 0.664. The van der Waals surface area contributed by atoms with E-state index in [9.17, 15) is 0 Å². The number of hydrogen-bond acceptors (Lipinski definition) is 2. The Morgan fingerprint density at radius 3 is 1.71 bits per heavy atom. The SMILES string of the molecule is C1NC2CNC1C2. The molecule has 2 N–H and O–H groups in total. The Balaban J connectivity index is 2.12. The van der Waals surface area contributed by atoms with E-state index in [0.29, 0.717) is 0 Å². The Labute approximate surface area is 43.3 Å². The molecule has 7 heavy (non-hydrogen) atoms. The van der Waals surface area contributed by atoms with E-state index >= 15 is 0 Å². The Bertz CT molecular complexity index is 64.1. The van der Waals surface area contributed by atoms with E-state index in [1.54, 1.807) is 0 Å². The smallest absolute Gasteiger partial charge is 0.0208 e. The summed E-state index contributed by atoms with van der Waals surface area (Å²) in [7, 11) is 0. The van der Waals surface area contributed by atoms with Crippen LogP contribution in [0, 0.1) is 0 Å². The van der Waals surface area contributed by atoms with Crippen molar-refractivity contribution in [3.8, 4) is 0 Å². The fourth-order valence-electron chi connectivity index (χ4n) is 1.44. The maximum atomic E-state index is 3.39. The van der Waals surface area contributed by atoms with Gasteiger partial charge in [0.25, 0.3) is 0 Å². The van der Waals surface area contributed by atoms with Gasteiger partial charge in [0.05, 0.1) is 0 Å². The van der Waals surface area contributed by atoms with Crippen molar-refractivity contribution in [2.75, 3.05) is 13.1 Å². The van der Waals surface area contributed by atoms with Crippen LogP contribution in [0.4, 0.5) is 0 Å². The van der Waals surface area contributed by atoms with Crippen LogP contribution in [-0.2, 0) is 0 Å².